The number of aromatic nitrogens is 4. The smallest absolute Gasteiger partial charge is 0.342 e. The van der Waals surface area contributed by atoms with Gasteiger partial charge in [-0.15, -0.1) is 0 Å². The van der Waals surface area contributed by atoms with E-state index < -0.39 is 22.4 Å². The Hall–Kier alpha value is -3.14. The molecule has 2 heterocycles. The third kappa shape index (κ3) is 3.75. The molecule has 0 radical (unpaired) electrons. The van der Waals surface area contributed by atoms with Crippen molar-refractivity contribution in [2.24, 2.45) is 5.10 Å². The highest BCUT2D eigenvalue weighted by Crippen LogP contribution is 2.20. The van der Waals surface area contributed by atoms with E-state index in [1.807, 2.05) is 31.2 Å². The van der Waals surface area contributed by atoms with Crippen molar-refractivity contribution in [3.8, 4) is 0 Å². The number of aryl methyl sites for hydroxylation is 1. The number of para-hydroxylation sites is 1. The van der Waals surface area contributed by atoms with Crippen molar-refractivity contribution < 1.29 is 4.79 Å². The van der Waals surface area contributed by atoms with Gasteiger partial charge in [0.1, 0.15) is 0 Å². The molecule has 1 atom stereocenters. The summed E-state index contributed by atoms with van der Waals surface area (Å²) in [5, 5.41) is 10.1. The molecule has 2 aromatic heterocycles. The van der Waals surface area contributed by atoms with Gasteiger partial charge in [0.2, 0.25) is 0 Å². The van der Waals surface area contributed by atoms with E-state index in [1.165, 1.54) is 0 Å². The highest BCUT2D eigenvalue weighted by atomic mass is 32.2. The van der Waals surface area contributed by atoms with Gasteiger partial charge in [-0.05, 0) is 19.9 Å². The van der Waals surface area contributed by atoms with Gasteiger partial charge in [-0.2, -0.15) is 10.2 Å². The van der Waals surface area contributed by atoms with Crippen LogP contribution in [0, 0.1) is 6.92 Å². The van der Waals surface area contributed by atoms with Crippen LogP contribution in [0.3, 0.4) is 0 Å². The molecule has 0 fully saturated rings. The molecule has 3 aromatic rings. The number of fused-ring (bicyclic) bond motifs is 1. The van der Waals surface area contributed by atoms with E-state index in [0.29, 0.717) is 0 Å². The molecule has 1 unspecified atom stereocenters. The minimum absolute atomic E-state index is 0.00343. The average molecular weight is 372 g/mol. The fraction of sp³-hybridized carbons (Fsp3) is 0.188. The number of hydrazone groups is 1. The number of H-pyrrole nitrogens is 3. The van der Waals surface area contributed by atoms with Gasteiger partial charge < -0.3 is 4.98 Å². The lowest BCUT2D eigenvalue weighted by molar-refractivity contribution is -0.120. The van der Waals surface area contributed by atoms with E-state index >= 15 is 0 Å². The summed E-state index contributed by atoms with van der Waals surface area (Å²) in [6.45, 7) is 3.54. The highest BCUT2D eigenvalue weighted by Gasteiger charge is 2.17. The summed E-state index contributed by atoms with van der Waals surface area (Å²) >= 11 is 0.924. The van der Waals surface area contributed by atoms with Crippen molar-refractivity contribution in [3.63, 3.8) is 0 Å². The number of thioether (sulfide) groups is 1. The van der Waals surface area contributed by atoms with Gasteiger partial charge in [0.25, 0.3) is 11.5 Å². The zero-order valence-electron chi connectivity index (χ0n) is 14.0. The van der Waals surface area contributed by atoms with Gasteiger partial charge in [-0.3, -0.25) is 14.6 Å². The first-order chi connectivity index (χ1) is 12.5. The van der Waals surface area contributed by atoms with Gasteiger partial charge in [-0.25, -0.2) is 15.3 Å². The Kier molecular flexibility index (Phi) is 5.03. The highest BCUT2D eigenvalue weighted by molar-refractivity contribution is 8.00. The lowest BCUT2D eigenvalue weighted by Crippen LogP contribution is -2.30. The molecule has 1 aromatic carbocycles. The van der Waals surface area contributed by atoms with Crippen molar-refractivity contribution >= 4 is 34.8 Å². The Bertz CT molecular complexity index is 1100. The lowest BCUT2D eigenvalue weighted by atomic mass is 10.1. The fourth-order valence-corrected chi connectivity index (χ4v) is 3.10. The normalized spacial score (nSPS) is 12.5. The maximum Gasteiger partial charge on any atom is 0.342 e. The molecule has 0 spiro atoms. The molecule has 0 saturated heterocycles. The van der Waals surface area contributed by atoms with Crippen LogP contribution < -0.4 is 16.7 Å². The SMILES string of the molecule is Cc1[nH]c2ccccc2c1/C=N/NC(=O)C(C)Sc1n[nH]c(=O)[nH]c1=O. The zero-order chi connectivity index (χ0) is 18.7. The molecule has 26 heavy (non-hydrogen) atoms. The van der Waals surface area contributed by atoms with E-state index in [0.717, 1.165) is 33.9 Å². The summed E-state index contributed by atoms with van der Waals surface area (Å²) in [5.41, 5.74) is 3.93. The van der Waals surface area contributed by atoms with Crippen molar-refractivity contribution in [2.45, 2.75) is 24.1 Å². The Balaban J connectivity index is 1.67. The average Bonchev–Trinajstić information content (AvgIpc) is 2.93. The number of nitrogens with zero attached hydrogens (tertiary/aromatic N) is 2. The summed E-state index contributed by atoms with van der Waals surface area (Å²) in [7, 11) is 0. The molecular weight excluding hydrogens is 356 g/mol. The van der Waals surface area contributed by atoms with Gasteiger partial charge in [0, 0.05) is 22.2 Å². The van der Waals surface area contributed by atoms with Crippen LogP contribution >= 0.6 is 11.8 Å². The summed E-state index contributed by atoms with van der Waals surface area (Å²) in [5.74, 6) is -0.392. The minimum atomic E-state index is -0.699. The van der Waals surface area contributed by atoms with Gasteiger partial charge in [-0.1, -0.05) is 30.0 Å². The predicted molar refractivity (Wildman–Crippen MR) is 99.6 cm³/mol. The first-order valence-corrected chi connectivity index (χ1v) is 8.59. The largest absolute Gasteiger partial charge is 0.358 e. The maximum absolute atomic E-state index is 12.1. The second-order valence-corrected chi connectivity index (χ2v) is 6.85. The van der Waals surface area contributed by atoms with Crippen LogP contribution in [0.15, 0.2) is 44.0 Å². The number of benzene rings is 1. The summed E-state index contributed by atoms with van der Waals surface area (Å²) in [6.07, 6.45) is 1.58. The van der Waals surface area contributed by atoms with Gasteiger partial charge in [0.05, 0.1) is 11.5 Å². The summed E-state index contributed by atoms with van der Waals surface area (Å²) in [4.78, 5) is 40.0. The topological polar surface area (TPSA) is 136 Å². The number of amides is 1. The Morgan fingerprint density at radius 1 is 1.31 bits per heavy atom. The van der Waals surface area contributed by atoms with Crippen molar-refractivity contribution in [3.05, 3.63) is 56.4 Å². The lowest BCUT2D eigenvalue weighted by Gasteiger charge is -2.07. The number of carbonyl (C=O) groups excluding carboxylic acids is 1. The molecule has 10 heteroatoms. The monoisotopic (exact) mass is 372 g/mol. The first kappa shape index (κ1) is 17.7. The first-order valence-electron chi connectivity index (χ1n) is 7.71. The number of carbonyl (C=O) groups is 1. The van der Waals surface area contributed by atoms with Crippen LogP contribution in [0.4, 0.5) is 0 Å². The number of nitrogens with one attached hydrogen (secondary N) is 4. The van der Waals surface area contributed by atoms with E-state index in [4.69, 9.17) is 0 Å². The zero-order valence-corrected chi connectivity index (χ0v) is 14.8. The number of aromatic amines is 3. The second kappa shape index (κ2) is 7.40. The standard InChI is InChI=1S/C16H16N6O3S/c1-8-11(10-5-3-4-6-12(10)18-8)7-17-20-13(23)9(2)26-15-14(24)19-16(25)22-21-15/h3-7,9,18H,1-2H3,(H,20,23)(H2,19,22,24,25)/b17-7+. The molecule has 0 aliphatic carbocycles. The predicted octanol–water partition coefficient (Wildman–Crippen LogP) is 0.879. The van der Waals surface area contributed by atoms with Crippen LogP contribution in [-0.2, 0) is 4.79 Å². The number of hydrogen-bond donors (Lipinski definition) is 4. The molecule has 0 aliphatic heterocycles. The van der Waals surface area contributed by atoms with E-state index in [-0.39, 0.29) is 5.03 Å². The van der Waals surface area contributed by atoms with Crippen LogP contribution in [0.2, 0.25) is 0 Å². The summed E-state index contributed by atoms with van der Waals surface area (Å²) in [6, 6.07) is 7.80. The van der Waals surface area contributed by atoms with Gasteiger partial charge in [0.15, 0.2) is 5.03 Å². The fourth-order valence-electron chi connectivity index (χ4n) is 2.35. The van der Waals surface area contributed by atoms with E-state index in [9.17, 15) is 14.4 Å². The Morgan fingerprint density at radius 3 is 2.85 bits per heavy atom. The van der Waals surface area contributed by atoms with Crippen LogP contribution in [-0.4, -0.2) is 37.5 Å². The van der Waals surface area contributed by atoms with Crippen molar-refractivity contribution in [2.75, 3.05) is 0 Å². The molecule has 1 amide bonds. The molecule has 0 bridgehead atoms. The number of hydrogen-bond acceptors (Lipinski definition) is 6. The molecule has 0 saturated carbocycles. The molecular formula is C16H16N6O3S. The third-order valence-corrected chi connectivity index (χ3v) is 4.72. The Morgan fingerprint density at radius 2 is 2.08 bits per heavy atom. The minimum Gasteiger partial charge on any atom is -0.358 e. The molecule has 134 valence electrons. The van der Waals surface area contributed by atoms with Crippen molar-refractivity contribution in [1.82, 2.24) is 25.6 Å². The van der Waals surface area contributed by atoms with Crippen LogP contribution in [0.1, 0.15) is 18.2 Å². The quantitative estimate of drug-likeness (QED) is 0.299. The van der Waals surface area contributed by atoms with Crippen molar-refractivity contribution in [1.29, 1.82) is 0 Å². The second-order valence-electron chi connectivity index (χ2n) is 5.52. The molecule has 4 N–H and O–H groups in total. The summed E-state index contributed by atoms with van der Waals surface area (Å²) < 4.78 is 0. The maximum atomic E-state index is 12.1. The molecule has 3 rings (SSSR count). The third-order valence-electron chi connectivity index (χ3n) is 3.65. The molecule has 9 nitrogen and oxygen atoms in total. The number of rotatable bonds is 5. The van der Waals surface area contributed by atoms with Crippen LogP contribution in [0.5, 0.6) is 0 Å². The molecule has 0 aliphatic rings. The Labute approximate surface area is 151 Å². The van der Waals surface area contributed by atoms with Crippen LogP contribution in [0.25, 0.3) is 10.9 Å². The van der Waals surface area contributed by atoms with Gasteiger partial charge >= 0.3 is 5.69 Å². The van der Waals surface area contributed by atoms with E-state index in [1.54, 1.807) is 13.1 Å². The van der Waals surface area contributed by atoms with E-state index in [2.05, 4.69) is 30.7 Å².